The molecule has 0 atom stereocenters. The lowest BCUT2D eigenvalue weighted by Crippen LogP contribution is -2.25. The number of unbranched alkanes of at least 4 members (excludes halogenated alkanes) is 1. The summed E-state index contributed by atoms with van der Waals surface area (Å²) < 4.78 is 6.71. The first-order chi connectivity index (χ1) is 11.7. The summed E-state index contributed by atoms with van der Waals surface area (Å²) in [5.74, 6) is 0.606. The van der Waals surface area contributed by atoms with Gasteiger partial charge in [0.1, 0.15) is 4.88 Å². The minimum Gasteiger partial charge on any atom is -0.410 e. The number of fused-ring (bicyclic) bond motifs is 1. The molecule has 2 aromatic heterocycles. The number of carbonyl (C=O) groups excluding carboxylic acids is 1. The fourth-order valence-electron chi connectivity index (χ4n) is 2.09. The Kier molecular flexibility index (Phi) is 5.76. The zero-order valence-corrected chi connectivity index (χ0v) is 15.4. The van der Waals surface area contributed by atoms with Gasteiger partial charge < -0.3 is 9.73 Å². The van der Waals surface area contributed by atoms with Gasteiger partial charge in [0.25, 0.3) is 11.1 Å². The number of hydrogen-bond acceptors (Lipinski definition) is 6. The van der Waals surface area contributed by atoms with Gasteiger partial charge in [0.05, 0.1) is 10.8 Å². The molecule has 0 unspecified atom stereocenters. The van der Waals surface area contributed by atoms with E-state index in [1.807, 2.05) is 24.3 Å². The summed E-state index contributed by atoms with van der Waals surface area (Å²) in [6.45, 7) is 2.78. The van der Waals surface area contributed by atoms with E-state index >= 15 is 0 Å². The highest BCUT2D eigenvalue weighted by atomic mass is 35.5. The Hall–Kier alpha value is -1.57. The molecule has 0 aliphatic carbocycles. The average Bonchev–Trinajstić information content (AvgIpc) is 3.18. The van der Waals surface area contributed by atoms with Crippen molar-refractivity contribution in [3.8, 4) is 10.8 Å². The Morgan fingerprint density at radius 2 is 2.21 bits per heavy atom. The number of benzene rings is 1. The Balaban J connectivity index is 1.66. The molecule has 0 saturated heterocycles. The van der Waals surface area contributed by atoms with E-state index in [-0.39, 0.29) is 11.7 Å². The molecule has 0 bridgehead atoms. The van der Waals surface area contributed by atoms with Gasteiger partial charge in [-0.05, 0) is 12.5 Å². The standard InChI is InChI=1S/C16H16ClN3O2S2/c1-2-3-8-18-12(21)9-23-16-20-19-15(22-16)14-13(17)10-6-4-5-7-11(10)24-14/h4-7H,2-3,8-9H2,1H3,(H,18,21). The minimum atomic E-state index is -0.0342. The number of nitrogens with one attached hydrogen (secondary N) is 1. The topological polar surface area (TPSA) is 68.0 Å². The van der Waals surface area contributed by atoms with Crippen molar-refractivity contribution in [1.29, 1.82) is 0 Å². The summed E-state index contributed by atoms with van der Waals surface area (Å²) in [7, 11) is 0. The molecule has 3 aromatic rings. The second-order valence-corrected chi connectivity index (χ2v) is 7.46. The van der Waals surface area contributed by atoms with Crippen molar-refractivity contribution in [3.05, 3.63) is 29.3 Å². The number of aromatic nitrogens is 2. The van der Waals surface area contributed by atoms with E-state index in [1.165, 1.54) is 23.1 Å². The lowest BCUT2D eigenvalue weighted by molar-refractivity contribution is -0.118. The number of nitrogens with zero attached hydrogens (tertiary/aromatic N) is 2. The van der Waals surface area contributed by atoms with E-state index in [0.29, 0.717) is 22.7 Å². The van der Waals surface area contributed by atoms with E-state index in [9.17, 15) is 4.79 Å². The highest BCUT2D eigenvalue weighted by Crippen LogP contribution is 2.41. The zero-order chi connectivity index (χ0) is 16.9. The first-order valence-corrected chi connectivity index (χ1v) is 9.77. The molecule has 0 saturated carbocycles. The van der Waals surface area contributed by atoms with Crippen molar-refractivity contribution >= 4 is 50.7 Å². The number of thioether (sulfide) groups is 1. The lowest BCUT2D eigenvalue weighted by Gasteiger charge is -2.01. The zero-order valence-electron chi connectivity index (χ0n) is 13.0. The third-order valence-corrected chi connectivity index (χ3v) is 5.80. The molecule has 0 aliphatic heterocycles. The fourth-order valence-corrected chi connectivity index (χ4v) is 4.12. The maximum Gasteiger partial charge on any atom is 0.277 e. The van der Waals surface area contributed by atoms with Crippen molar-refractivity contribution in [1.82, 2.24) is 15.5 Å². The molecule has 2 heterocycles. The molecule has 0 fully saturated rings. The van der Waals surface area contributed by atoms with Gasteiger partial charge in [-0.15, -0.1) is 21.5 Å². The molecule has 126 valence electrons. The van der Waals surface area contributed by atoms with Crippen LogP contribution in [0.1, 0.15) is 19.8 Å². The third kappa shape index (κ3) is 3.91. The van der Waals surface area contributed by atoms with Gasteiger partial charge in [0, 0.05) is 16.6 Å². The number of amides is 1. The first kappa shape index (κ1) is 17.3. The molecule has 0 radical (unpaired) electrons. The first-order valence-electron chi connectivity index (χ1n) is 7.59. The highest BCUT2D eigenvalue weighted by Gasteiger charge is 2.18. The molecule has 8 heteroatoms. The van der Waals surface area contributed by atoms with E-state index < -0.39 is 0 Å². The number of thiophene rings is 1. The Bertz CT molecular complexity index is 847. The largest absolute Gasteiger partial charge is 0.410 e. The molecular weight excluding hydrogens is 366 g/mol. The molecule has 1 N–H and O–H groups in total. The number of rotatable bonds is 7. The Morgan fingerprint density at radius 3 is 3.00 bits per heavy atom. The van der Waals surface area contributed by atoms with Crippen LogP contribution in [0.15, 0.2) is 33.9 Å². The third-order valence-electron chi connectivity index (χ3n) is 3.31. The van der Waals surface area contributed by atoms with Gasteiger partial charge in [0.15, 0.2) is 0 Å². The molecular formula is C16H16ClN3O2S2. The van der Waals surface area contributed by atoms with Crippen LogP contribution >= 0.6 is 34.7 Å². The van der Waals surface area contributed by atoms with Crippen LogP contribution in [0.5, 0.6) is 0 Å². The maximum atomic E-state index is 11.7. The van der Waals surface area contributed by atoms with Gasteiger partial charge in [0.2, 0.25) is 5.91 Å². The summed E-state index contributed by atoms with van der Waals surface area (Å²) in [6.07, 6.45) is 2.03. The Morgan fingerprint density at radius 1 is 1.38 bits per heavy atom. The minimum absolute atomic E-state index is 0.0342. The summed E-state index contributed by atoms with van der Waals surface area (Å²) in [6, 6.07) is 7.87. The maximum absolute atomic E-state index is 11.7. The smallest absolute Gasteiger partial charge is 0.277 e. The van der Waals surface area contributed by atoms with Crippen LogP contribution < -0.4 is 5.32 Å². The van der Waals surface area contributed by atoms with Crippen LogP contribution in [0.25, 0.3) is 20.9 Å². The van der Waals surface area contributed by atoms with Crippen LogP contribution in [0.2, 0.25) is 5.02 Å². The van der Waals surface area contributed by atoms with E-state index in [4.69, 9.17) is 16.0 Å². The molecule has 1 aromatic carbocycles. The second-order valence-electron chi connectivity index (χ2n) is 5.11. The summed E-state index contributed by atoms with van der Waals surface area (Å²) in [5, 5.41) is 12.8. The second kappa shape index (κ2) is 8.00. The van der Waals surface area contributed by atoms with Crippen LogP contribution in [-0.2, 0) is 4.79 Å². The highest BCUT2D eigenvalue weighted by molar-refractivity contribution is 7.99. The van der Waals surface area contributed by atoms with E-state index in [0.717, 1.165) is 27.8 Å². The molecule has 1 amide bonds. The van der Waals surface area contributed by atoms with Crippen LogP contribution in [0.4, 0.5) is 0 Å². The van der Waals surface area contributed by atoms with Crippen LogP contribution in [-0.4, -0.2) is 28.4 Å². The monoisotopic (exact) mass is 381 g/mol. The summed E-state index contributed by atoms with van der Waals surface area (Å²) in [5.41, 5.74) is 0. The van der Waals surface area contributed by atoms with Crippen molar-refractivity contribution < 1.29 is 9.21 Å². The number of halogens is 1. The quantitative estimate of drug-likeness (QED) is 0.478. The van der Waals surface area contributed by atoms with Gasteiger partial charge >= 0.3 is 0 Å². The SMILES string of the molecule is CCCCNC(=O)CSc1nnc(-c2sc3ccccc3c2Cl)o1. The normalized spacial score (nSPS) is 11.1. The fraction of sp³-hybridized carbons (Fsp3) is 0.312. The van der Waals surface area contributed by atoms with Gasteiger partial charge in [-0.25, -0.2) is 0 Å². The van der Waals surface area contributed by atoms with Crippen molar-refractivity contribution in [2.45, 2.75) is 25.0 Å². The van der Waals surface area contributed by atoms with Crippen LogP contribution in [0, 0.1) is 0 Å². The van der Waals surface area contributed by atoms with E-state index in [1.54, 1.807) is 0 Å². The summed E-state index contributed by atoms with van der Waals surface area (Å²) in [4.78, 5) is 12.5. The van der Waals surface area contributed by atoms with Crippen molar-refractivity contribution in [3.63, 3.8) is 0 Å². The molecule has 0 aliphatic rings. The predicted octanol–water partition coefficient (Wildman–Crippen LogP) is 4.61. The van der Waals surface area contributed by atoms with Gasteiger partial charge in [-0.2, -0.15) is 0 Å². The van der Waals surface area contributed by atoms with E-state index in [2.05, 4.69) is 22.4 Å². The number of carbonyl (C=O) groups is 1. The number of hydrogen-bond donors (Lipinski definition) is 1. The molecule has 5 nitrogen and oxygen atoms in total. The van der Waals surface area contributed by atoms with Crippen molar-refractivity contribution in [2.24, 2.45) is 0 Å². The lowest BCUT2D eigenvalue weighted by atomic mass is 10.2. The Labute approximate surface area is 152 Å². The van der Waals surface area contributed by atoms with Crippen molar-refractivity contribution in [2.75, 3.05) is 12.3 Å². The van der Waals surface area contributed by atoms with Crippen LogP contribution in [0.3, 0.4) is 0 Å². The summed E-state index contributed by atoms with van der Waals surface area (Å²) >= 11 is 9.15. The molecule has 3 rings (SSSR count). The predicted molar refractivity (Wildman–Crippen MR) is 98.8 cm³/mol. The average molecular weight is 382 g/mol. The van der Waals surface area contributed by atoms with Gasteiger partial charge in [-0.3, -0.25) is 4.79 Å². The molecule has 24 heavy (non-hydrogen) atoms. The molecule has 0 spiro atoms. The van der Waals surface area contributed by atoms with Gasteiger partial charge in [-0.1, -0.05) is 54.9 Å².